The van der Waals surface area contributed by atoms with Crippen LogP contribution in [0.5, 0.6) is 0 Å². The van der Waals surface area contributed by atoms with Crippen molar-refractivity contribution in [2.24, 2.45) is 0 Å². The van der Waals surface area contributed by atoms with Crippen LogP contribution in [0.3, 0.4) is 0 Å². The Hall–Kier alpha value is -1.63. The second kappa shape index (κ2) is 7.51. The maximum absolute atomic E-state index is 4.69. The summed E-state index contributed by atoms with van der Waals surface area (Å²) in [5.41, 5.74) is 5.49. The number of benzene rings is 1. The number of nitrogens with zero attached hydrogens (tertiary/aromatic N) is 1. The van der Waals surface area contributed by atoms with Gasteiger partial charge < -0.3 is 0 Å². The average Bonchev–Trinajstić information content (AvgIpc) is 2.70. The summed E-state index contributed by atoms with van der Waals surface area (Å²) in [5.74, 6) is 1.52. The topological polar surface area (TPSA) is 12.9 Å². The van der Waals surface area contributed by atoms with Gasteiger partial charge in [-0.3, -0.25) is 4.98 Å². The lowest BCUT2D eigenvalue weighted by Crippen LogP contribution is -2.05. The summed E-state index contributed by atoms with van der Waals surface area (Å²) in [5, 5.41) is 0. The van der Waals surface area contributed by atoms with E-state index in [9.17, 15) is 0 Å². The molecule has 4 rings (SSSR count). The Morgan fingerprint density at radius 3 is 1.96 bits per heavy atom. The molecule has 1 nitrogen and oxygen atoms in total. The zero-order valence-corrected chi connectivity index (χ0v) is 14.7. The molecule has 0 atom stereocenters. The van der Waals surface area contributed by atoms with Crippen LogP contribution in [0.1, 0.15) is 87.2 Å². The molecule has 0 N–H and O–H groups in total. The number of hydrogen-bond acceptors (Lipinski definition) is 1. The molecule has 2 aliphatic carbocycles. The molecular weight excluding hydrogens is 290 g/mol. The summed E-state index contributed by atoms with van der Waals surface area (Å²) in [6.07, 6.45) is 15.8. The number of rotatable bonds is 3. The largest absolute Gasteiger partial charge is 0.256 e. The molecule has 1 heterocycles. The van der Waals surface area contributed by atoms with Crippen molar-refractivity contribution in [2.75, 3.05) is 0 Å². The van der Waals surface area contributed by atoms with Crippen molar-refractivity contribution in [1.82, 2.24) is 4.98 Å². The lowest BCUT2D eigenvalue weighted by Gasteiger charge is -2.23. The van der Waals surface area contributed by atoms with E-state index in [1.54, 1.807) is 0 Å². The van der Waals surface area contributed by atoms with E-state index in [0.717, 1.165) is 17.5 Å². The van der Waals surface area contributed by atoms with E-state index in [2.05, 4.69) is 36.4 Å². The van der Waals surface area contributed by atoms with Crippen LogP contribution in [0.25, 0.3) is 11.3 Å². The fourth-order valence-corrected chi connectivity index (χ4v) is 4.68. The van der Waals surface area contributed by atoms with E-state index >= 15 is 0 Å². The van der Waals surface area contributed by atoms with Gasteiger partial charge in [-0.15, -0.1) is 0 Å². The van der Waals surface area contributed by atoms with Gasteiger partial charge in [-0.2, -0.15) is 0 Å². The van der Waals surface area contributed by atoms with E-state index in [1.165, 1.54) is 80.9 Å². The van der Waals surface area contributed by atoms with Crippen molar-refractivity contribution in [3.05, 3.63) is 53.7 Å². The predicted octanol–water partition coefficient (Wildman–Crippen LogP) is 6.84. The Bertz CT molecular complexity index is 604. The molecule has 0 aliphatic heterocycles. The van der Waals surface area contributed by atoms with Gasteiger partial charge in [0, 0.05) is 11.8 Å². The molecule has 1 aromatic heterocycles. The Morgan fingerprint density at radius 2 is 1.29 bits per heavy atom. The van der Waals surface area contributed by atoms with Gasteiger partial charge in [0.15, 0.2) is 0 Å². The zero-order chi connectivity index (χ0) is 16.2. The summed E-state index contributed by atoms with van der Waals surface area (Å²) in [6.45, 7) is 0. The van der Waals surface area contributed by atoms with Gasteiger partial charge in [0.1, 0.15) is 0 Å². The minimum Gasteiger partial charge on any atom is -0.256 e. The van der Waals surface area contributed by atoms with Crippen LogP contribution in [0.4, 0.5) is 0 Å². The number of pyridine rings is 1. The monoisotopic (exact) mass is 319 g/mol. The van der Waals surface area contributed by atoms with Gasteiger partial charge in [-0.1, -0.05) is 56.7 Å². The minimum absolute atomic E-state index is 0.752. The first-order valence-electron chi connectivity index (χ1n) is 9.96. The molecule has 2 aliphatic rings. The molecule has 0 amide bonds. The van der Waals surface area contributed by atoms with Gasteiger partial charge >= 0.3 is 0 Å². The highest BCUT2D eigenvalue weighted by atomic mass is 14.7. The van der Waals surface area contributed by atoms with Crippen molar-refractivity contribution in [3.8, 4) is 11.3 Å². The first-order valence-corrected chi connectivity index (χ1v) is 9.96. The number of aromatic nitrogens is 1. The molecule has 1 heteroatoms. The third-order valence-corrected chi connectivity index (χ3v) is 6.12. The highest BCUT2D eigenvalue weighted by molar-refractivity contribution is 5.61. The van der Waals surface area contributed by atoms with Crippen molar-refractivity contribution >= 4 is 0 Å². The first kappa shape index (κ1) is 15.9. The van der Waals surface area contributed by atoms with Crippen LogP contribution < -0.4 is 0 Å². The highest BCUT2D eigenvalue weighted by Gasteiger charge is 2.18. The van der Waals surface area contributed by atoms with Crippen molar-refractivity contribution < 1.29 is 0 Å². The van der Waals surface area contributed by atoms with E-state index in [0.29, 0.717) is 0 Å². The van der Waals surface area contributed by atoms with Gasteiger partial charge in [0.2, 0.25) is 0 Å². The fraction of sp³-hybridized carbons (Fsp3) is 0.522. The molecule has 2 aromatic rings. The average molecular weight is 319 g/mol. The van der Waals surface area contributed by atoms with Crippen LogP contribution in [-0.4, -0.2) is 4.98 Å². The first-order chi connectivity index (χ1) is 11.9. The standard InChI is InChI=1S/C23H29N/c1-3-8-18(9-4-1)20-12-7-13-22(16-20)23-17-21(14-15-24-23)19-10-5-2-6-11-19/h7,12-19H,1-6,8-11H2. The van der Waals surface area contributed by atoms with Gasteiger partial charge in [-0.05, 0) is 66.8 Å². The Kier molecular flexibility index (Phi) is 4.96. The lowest BCUT2D eigenvalue weighted by molar-refractivity contribution is 0.443. The van der Waals surface area contributed by atoms with E-state index in [1.807, 2.05) is 6.20 Å². The quantitative estimate of drug-likeness (QED) is 0.603. The third kappa shape index (κ3) is 3.55. The van der Waals surface area contributed by atoms with Crippen molar-refractivity contribution in [3.63, 3.8) is 0 Å². The SMILES string of the molecule is c1cc(-c2cc(C3CCCCC3)ccn2)cc(C2CCCCC2)c1. The zero-order valence-electron chi connectivity index (χ0n) is 14.7. The lowest BCUT2D eigenvalue weighted by atomic mass is 9.83. The summed E-state index contributed by atoms with van der Waals surface area (Å²) < 4.78 is 0. The molecular formula is C23H29N. The second-order valence-electron chi connectivity index (χ2n) is 7.77. The molecule has 1 aromatic carbocycles. The molecule has 0 saturated heterocycles. The van der Waals surface area contributed by atoms with Crippen molar-refractivity contribution in [1.29, 1.82) is 0 Å². The molecule has 0 radical (unpaired) electrons. The predicted molar refractivity (Wildman–Crippen MR) is 101 cm³/mol. The van der Waals surface area contributed by atoms with Crippen LogP contribution in [0, 0.1) is 0 Å². The van der Waals surface area contributed by atoms with Crippen LogP contribution in [0.15, 0.2) is 42.6 Å². The summed E-state index contributed by atoms with van der Waals surface area (Å²) in [6, 6.07) is 13.8. The van der Waals surface area contributed by atoms with E-state index < -0.39 is 0 Å². The maximum atomic E-state index is 4.69. The van der Waals surface area contributed by atoms with Gasteiger partial charge in [0.25, 0.3) is 0 Å². The van der Waals surface area contributed by atoms with Crippen molar-refractivity contribution in [2.45, 2.75) is 76.0 Å². The minimum atomic E-state index is 0.752. The summed E-state index contributed by atoms with van der Waals surface area (Å²) >= 11 is 0. The molecule has 2 saturated carbocycles. The Morgan fingerprint density at radius 1 is 0.667 bits per heavy atom. The third-order valence-electron chi connectivity index (χ3n) is 6.12. The molecule has 0 bridgehead atoms. The van der Waals surface area contributed by atoms with Gasteiger partial charge in [0.05, 0.1) is 5.69 Å². The Labute approximate surface area is 146 Å². The highest BCUT2D eigenvalue weighted by Crippen LogP contribution is 2.36. The molecule has 126 valence electrons. The fourth-order valence-electron chi connectivity index (χ4n) is 4.68. The molecule has 0 spiro atoms. The summed E-state index contributed by atoms with van der Waals surface area (Å²) in [4.78, 5) is 4.69. The van der Waals surface area contributed by atoms with Crippen LogP contribution in [0.2, 0.25) is 0 Å². The van der Waals surface area contributed by atoms with Gasteiger partial charge in [-0.25, -0.2) is 0 Å². The molecule has 24 heavy (non-hydrogen) atoms. The van der Waals surface area contributed by atoms with E-state index in [4.69, 9.17) is 4.98 Å². The molecule has 0 unspecified atom stereocenters. The number of hydrogen-bond donors (Lipinski definition) is 0. The van der Waals surface area contributed by atoms with E-state index in [-0.39, 0.29) is 0 Å². The smallest absolute Gasteiger partial charge is 0.0704 e. The normalized spacial score (nSPS) is 20.2. The second-order valence-corrected chi connectivity index (χ2v) is 7.77. The summed E-state index contributed by atoms with van der Waals surface area (Å²) in [7, 11) is 0. The Balaban J connectivity index is 1.59. The van der Waals surface area contributed by atoms with Crippen LogP contribution in [-0.2, 0) is 0 Å². The van der Waals surface area contributed by atoms with Crippen LogP contribution >= 0.6 is 0 Å². The molecule has 2 fully saturated rings. The maximum Gasteiger partial charge on any atom is 0.0704 e.